The summed E-state index contributed by atoms with van der Waals surface area (Å²) in [7, 11) is 0. The van der Waals surface area contributed by atoms with Crippen molar-refractivity contribution in [3.63, 3.8) is 0 Å². The van der Waals surface area contributed by atoms with Crippen molar-refractivity contribution in [1.29, 1.82) is 0 Å². The first-order chi connectivity index (χ1) is 10.6. The lowest BCUT2D eigenvalue weighted by Gasteiger charge is -2.06. The standard InChI is InChI=1S/C16H15N3O2S/c1-10(2)14-8-12(11-6-4-3-5-7-11)18-19(14)16-17-13(9-22-16)15(20)21/h3-10H,1-2H3,(H,20,21). The summed E-state index contributed by atoms with van der Waals surface area (Å²) in [5, 5.41) is 15.7. The maximum atomic E-state index is 11.0. The Bertz CT molecular complexity index is 806. The number of carboxylic acid groups (broad SMARTS) is 1. The average molecular weight is 313 g/mol. The Morgan fingerprint density at radius 2 is 2.00 bits per heavy atom. The van der Waals surface area contributed by atoms with Gasteiger partial charge < -0.3 is 5.11 Å². The van der Waals surface area contributed by atoms with Gasteiger partial charge in [0.25, 0.3) is 0 Å². The van der Waals surface area contributed by atoms with Crippen molar-refractivity contribution in [3.05, 3.63) is 53.2 Å². The molecule has 1 aromatic carbocycles. The molecule has 2 heterocycles. The summed E-state index contributed by atoms with van der Waals surface area (Å²) < 4.78 is 1.74. The van der Waals surface area contributed by atoms with Crippen LogP contribution >= 0.6 is 11.3 Å². The molecule has 0 fully saturated rings. The number of hydrogen-bond acceptors (Lipinski definition) is 4. The third kappa shape index (κ3) is 2.65. The van der Waals surface area contributed by atoms with Crippen molar-refractivity contribution in [2.24, 2.45) is 0 Å². The SMILES string of the molecule is CC(C)c1cc(-c2ccccc2)nn1-c1nc(C(=O)O)cs1. The van der Waals surface area contributed by atoms with Gasteiger partial charge in [0, 0.05) is 10.9 Å². The number of nitrogens with zero attached hydrogens (tertiary/aromatic N) is 3. The number of hydrogen-bond donors (Lipinski definition) is 1. The van der Waals surface area contributed by atoms with E-state index in [1.54, 1.807) is 4.68 Å². The van der Waals surface area contributed by atoms with Gasteiger partial charge in [-0.25, -0.2) is 14.5 Å². The molecule has 0 spiro atoms. The van der Waals surface area contributed by atoms with E-state index in [9.17, 15) is 4.79 Å². The van der Waals surface area contributed by atoms with Crippen molar-refractivity contribution in [1.82, 2.24) is 14.8 Å². The van der Waals surface area contributed by atoms with E-state index in [1.807, 2.05) is 36.4 Å². The van der Waals surface area contributed by atoms with Gasteiger partial charge >= 0.3 is 5.97 Å². The summed E-state index contributed by atoms with van der Waals surface area (Å²) in [6.45, 7) is 4.15. The van der Waals surface area contributed by atoms with Gasteiger partial charge in [-0.3, -0.25) is 0 Å². The molecule has 0 aliphatic rings. The van der Waals surface area contributed by atoms with Gasteiger partial charge in [-0.05, 0) is 12.0 Å². The lowest BCUT2D eigenvalue weighted by Crippen LogP contribution is -2.04. The Balaban J connectivity index is 2.09. The van der Waals surface area contributed by atoms with Crippen LogP contribution in [0.4, 0.5) is 0 Å². The number of aromatic nitrogens is 3. The summed E-state index contributed by atoms with van der Waals surface area (Å²) in [6, 6.07) is 11.9. The zero-order valence-corrected chi connectivity index (χ0v) is 13.0. The second-order valence-electron chi connectivity index (χ2n) is 5.21. The Morgan fingerprint density at radius 1 is 1.27 bits per heavy atom. The molecule has 0 aliphatic carbocycles. The average Bonchev–Trinajstić information content (AvgIpc) is 3.15. The highest BCUT2D eigenvalue weighted by molar-refractivity contribution is 7.12. The second-order valence-corrected chi connectivity index (χ2v) is 6.04. The first-order valence-electron chi connectivity index (χ1n) is 6.91. The topological polar surface area (TPSA) is 68.0 Å². The highest BCUT2D eigenvalue weighted by Crippen LogP contribution is 2.27. The first kappa shape index (κ1) is 14.5. The Morgan fingerprint density at radius 3 is 2.59 bits per heavy atom. The van der Waals surface area contributed by atoms with Crippen molar-refractivity contribution >= 4 is 17.3 Å². The molecule has 0 aliphatic heterocycles. The summed E-state index contributed by atoms with van der Waals surface area (Å²) in [6.07, 6.45) is 0. The normalized spacial score (nSPS) is 11.0. The van der Waals surface area contributed by atoms with Crippen molar-refractivity contribution in [3.8, 4) is 16.4 Å². The Kier molecular flexibility index (Phi) is 3.77. The maximum absolute atomic E-state index is 11.0. The van der Waals surface area contributed by atoms with Gasteiger partial charge in [-0.1, -0.05) is 44.2 Å². The van der Waals surface area contributed by atoms with Gasteiger partial charge in [0.2, 0.25) is 5.13 Å². The van der Waals surface area contributed by atoms with E-state index in [4.69, 9.17) is 5.11 Å². The third-order valence-electron chi connectivity index (χ3n) is 3.29. The molecule has 3 rings (SSSR count). The van der Waals surface area contributed by atoms with Crippen LogP contribution in [0, 0.1) is 0 Å². The molecule has 0 amide bonds. The number of rotatable bonds is 4. The molecule has 5 nitrogen and oxygen atoms in total. The van der Waals surface area contributed by atoms with Crippen molar-refractivity contribution < 1.29 is 9.90 Å². The molecule has 0 radical (unpaired) electrons. The molecule has 22 heavy (non-hydrogen) atoms. The minimum atomic E-state index is -1.02. The maximum Gasteiger partial charge on any atom is 0.355 e. The number of benzene rings is 1. The Labute approximate surface area is 131 Å². The predicted molar refractivity (Wildman–Crippen MR) is 85.7 cm³/mol. The zero-order chi connectivity index (χ0) is 15.7. The first-order valence-corrected chi connectivity index (χ1v) is 7.79. The lowest BCUT2D eigenvalue weighted by molar-refractivity contribution is 0.0691. The van der Waals surface area contributed by atoms with Crippen LogP contribution in [-0.2, 0) is 0 Å². The number of aromatic carboxylic acids is 1. The molecule has 0 unspecified atom stereocenters. The molecule has 1 N–H and O–H groups in total. The molecule has 0 atom stereocenters. The fraction of sp³-hybridized carbons (Fsp3) is 0.188. The van der Waals surface area contributed by atoms with Crippen LogP contribution in [0.5, 0.6) is 0 Å². The van der Waals surface area contributed by atoms with Crippen LogP contribution in [0.3, 0.4) is 0 Å². The molecule has 112 valence electrons. The molecule has 6 heteroatoms. The molecule has 3 aromatic rings. The van der Waals surface area contributed by atoms with Crippen molar-refractivity contribution in [2.45, 2.75) is 19.8 Å². The second kappa shape index (κ2) is 5.73. The van der Waals surface area contributed by atoms with Crippen LogP contribution in [0.25, 0.3) is 16.4 Å². The van der Waals surface area contributed by atoms with E-state index in [2.05, 4.69) is 23.9 Å². The molecule has 0 saturated carbocycles. The van der Waals surface area contributed by atoms with Gasteiger partial charge in [0.15, 0.2) is 5.69 Å². The van der Waals surface area contributed by atoms with Crippen LogP contribution in [-0.4, -0.2) is 25.8 Å². The lowest BCUT2D eigenvalue weighted by atomic mass is 10.1. The summed E-state index contributed by atoms with van der Waals surface area (Å²) in [4.78, 5) is 15.2. The van der Waals surface area contributed by atoms with E-state index < -0.39 is 5.97 Å². The molecule has 2 aromatic heterocycles. The summed E-state index contributed by atoms with van der Waals surface area (Å²) >= 11 is 1.28. The minimum Gasteiger partial charge on any atom is -0.476 e. The molecular weight excluding hydrogens is 298 g/mol. The van der Waals surface area contributed by atoms with Gasteiger partial charge in [-0.15, -0.1) is 11.3 Å². The minimum absolute atomic E-state index is 0.0477. The smallest absolute Gasteiger partial charge is 0.355 e. The van der Waals surface area contributed by atoms with E-state index in [0.717, 1.165) is 17.0 Å². The fourth-order valence-corrected chi connectivity index (χ4v) is 2.94. The molecule has 0 bridgehead atoms. The number of carboxylic acids is 1. The van der Waals surface area contributed by atoms with E-state index in [1.165, 1.54) is 16.7 Å². The number of carbonyl (C=O) groups is 1. The quantitative estimate of drug-likeness (QED) is 0.795. The highest BCUT2D eigenvalue weighted by Gasteiger charge is 2.17. The summed E-state index contributed by atoms with van der Waals surface area (Å²) in [5.41, 5.74) is 2.94. The molecule has 0 saturated heterocycles. The van der Waals surface area contributed by atoms with E-state index >= 15 is 0 Å². The zero-order valence-electron chi connectivity index (χ0n) is 12.2. The van der Waals surface area contributed by atoms with Gasteiger partial charge in [0.1, 0.15) is 0 Å². The number of thiazole rings is 1. The summed E-state index contributed by atoms with van der Waals surface area (Å²) in [5.74, 6) is -0.772. The van der Waals surface area contributed by atoms with E-state index in [-0.39, 0.29) is 11.6 Å². The van der Waals surface area contributed by atoms with Crippen LogP contribution in [0.15, 0.2) is 41.8 Å². The third-order valence-corrected chi connectivity index (χ3v) is 4.11. The Hall–Kier alpha value is -2.47. The van der Waals surface area contributed by atoms with Crippen LogP contribution in [0.2, 0.25) is 0 Å². The fourth-order valence-electron chi connectivity index (χ4n) is 2.17. The largest absolute Gasteiger partial charge is 0.476 e. The van der Waals surface area contributed by atoms with Crippen LogP contribution < -0.4 is 0 Å². The van der Waals surface area contributed by atoms with Gasteiger partial charge in [0.05, 0.1) is 11.4 Å². The monoisotopic (exact) mass is 313 g/mol. The molecular formula is C16H15N3O2S. The van der Waals surface area contributed by atoms with Crippen LogP contribution in [0.1, 0.15) is 35.9 Å². The van der Waals surface area contributed by atoms with E-state index in [0.29, 0.717) is 5.13 Å². The van der Waals surface area contributed by atoms with Crippen molar-refractivity contribution in [2.75, 3.05) is 0 Å². The predicted octanol–water partition coefficient (Wildman–Crippen LogP) is 3.82. The van der Waals surface area contributed by atoms with Gasteiger partial charge in [-0.2, -0.15) is 5.10 Å². The highest BCUT2D eigenvalue weighted by atomic mass is 32.1.